The van der Waals surface area contributed by atoms with Crippen LogP contribution in [0.25, 0.3) is 0 Å². The van der Waals surface area contributed by atoms with Gasteiger partial charge in [0.05, 0.1) is 5.56 Å². The molecule has 1 aliphatic rings. The quantitative estimate of drug-likeness (QED) is 0.440. The molecule has 0 atom stereocenters. The van der Waals surface area contributed by atoms with Crippen molar-refractivity contribution in [1.82, 2.24) is 0 Å². The molecule has 2 aromatic rings. The third-order valence-electron chi connectivity index (χ3n) is 3.04. The number of hydrogen-bond acceptors (Lipinski definition) is 3. The van der Waals surface area contributed by atoms with E-state index in [2.05, 4.69) is 59.8 Å². The van der Waals surface area contributed by atoms with Crippen molar-refractivity contribution < 1.29 is 14.3 Å². The van der Waals surface area contributed by atoms with Gasteiger partial charge in [-0.1, -0.05) is 15.9 Å². The third kappa shape index (κ3) is 3.41. The monoisotopic (exact) mass is 537 g/mol. The smallest absolute Gasteiger partial charge is 0.256 e. The summed E-state index contributed by atoms with van der Waals surface area (Å²) in [6.45, 7) is 1.06. The Bertz CT molecular complexity index is 752. The Balaban J connectivity index is 1.86. The van der Waals surface area contributed by atoms with E-state index in [0.29, 0.717) is 36.0 Å². The van der Waals surface area contributed by atoms with E-state index in [1.54, 1.807) is 24.3 Å². The fourth-order valence-electron chi connectivity index (χ4n) is 2.04. The molecule has 0 unspecified atom stereocenters. The number of rotatable bonds is 2. The second kappa shape index (κ2) is 6.76. The van der Waals surface area contributed by atoms with Crippen LogP contribution in [-0.4, -0.2) is 19.1 Å². The maximum Gasteiger partial charge on any atom is 0.256 e. The van der Waals surface area contributed by atoms with Crippen LogP contribution in [0.3, 0.4) is 0 Å². The highest BCUT2D eigenvalue weighted by atomic mass is 127. The van der Waals surface area contributed by atoms with E-state index in [9.17, 15) is 4.79 Å². The zero-order valence-corrected chi connectivity index (χ0v) is 16.5. The van der Waals surface area contributed by atoms with Crippen LogP contribution in [-0.2, 0) is 0 Å². The lowest BCUT2D eigenvalue weighted by Crippen LogP contribution is -2.17. The number of hydrogen-bond donors (Lipinski definition) is 1. The number of carbonyl (C=O) groups excluding carboxylic acids is 1. The number of nitrogens with one attached hydrogen (secondary N) is 1. The second-order valence-corrected chi connectivity index (χ2v) is 7.41. The number of halogens is 3. The van der Waals surface area contributed by atoms with Gasteiger partial charge in [-0.25, -0.2) is 0 Å². The Labute approximate surface area is 158 Å². The standard InChI is InChI=1S/C15H10Br2INO3/c16-8-5-10(14(18)11(17)6-8)15(20)19-9-1-2-12-13(7-9)22-4-3-21-12/h1-2,5-7H,3-4H2,(H,19,20). The first kappa shape index (κ1) is 16.1. The average Bonchev–Trinajstić information content (AvgIpc) is 2.50. The summed E-state index contributed by atoms with van der Waals surface area (Å²) < 4.78 is 13.6. The zero-order chi connectivity index (χ0) is 15.7. The molecule has 22 heavy (non-hydrogen) atoms. The van der Waals surface area contributed by atoms with E-state index < -0.39 is 0 Å². The van der Waals surface area contributed by atoms with Crippen molar-refractivity contribution in [3.8, 4) is 11.5 Å². The molecule has 0 bridgehead atoms. The lowest BCUT2D eigenvalue weighted by atomic mass is 10.2. The fraction of sp³-hybridized carbons (Fsp3) is 0.133. The Morgan fingerprint density at radius 3 is 2.59 bits per heavy atom. The van der Waals surface area contributed by atoms with E-state index in [0.717, 1.165) is 12.5 Å². The van der Waals surface area contributed by atoms with Crippen LogP contribution in [0.2, 0.25) is 0 Å². The molecule has 0 spiro atoms. The summed E-state index contributed by atoms with van der Waals surface area (Å²) in [6.07, 6.45) is 0. The molecule has 1 heterocycles. The van der Waals surface area contributed by atoms with Gasteiger partial charge in [-0.2, -0.15) is 0 Å². The molecule has 1 aliphatic heterocycles. The summed E-state index contributed by atoms with van der Waals surface area (Å²) >= 11 is 8.99. The minimum Gasteiger partial charge on any atom is -0.486 e. The molecule has 7 heteroatoms. The highest BCUT2D eigenvalue weighted by Gasteiger charge is 2.16. The summed E-state index contributed by atoms with van der Waals surface area (Å²) in [4.78, 5) is 12.5. The lowest BCUT2D eigenvalue weighted by Gasteiger charge is -2.19. The van der Waals surface area contributed by atoms with Crippen LogP contribution in [0, 0.1) is 3.57 Å². The van der Waals surface area contributed by atoms with Gasteiger partial charge in [0.25, 0.3) is 5.91 Å². The molecule has 0 saturated heterocycles. The van der Waals surface area contributed by atoms with Gasteiger partial charge in [-0.05, 0) is 62.8 Å². The molecule has 2 aromatic carbocycles. The molecule has 1 amide bonds. The van der Waals surface area contributed by atoms with Gasteiger partial charge in [0.1, 0.15) is 13.2 Å². The fourth-order valence-corrected chi connectivity index (χ4v) is 3.82. The third-order valence-corrected chi connectivity index (χ3v) is 6.02. The number of anilines is 1. The number of amides is 1. The normalized spacial score (nSPS) is 12.9. The minimum absolute atomic E-state index is 0.178. The van der Waals surface area contributed by atoms with Gasteiger partial charge in [-0.15, -0.1) is 0 Å². The zero-order valence-electron chi connectivity index (χ0n) is 11.2. The Kier molecular flexibility index (Phi) is 4.94. The first-order valence-electron chi connectivity index (χ1n) is 6.40. The van der Waals surface area contributed by atoms with E-state index in [1.807, 2.05) is 6.07 Å². The lowest BCUT2D eigenvalue weighted by molar-refractivity contribution is 0.102. The van der Waals surface area contributed by atoms with Crippen molar-refractivity contribution in [2.45, 2.75) is 0 Å². The molecule has 114 valence electrons. The average molecular weight is 539 g/mol. The molecular formula is C15H10Br2INO3. The van der Waals surface area contributed by atoms with E-state index >= 15 is 0 Å². The molecule has 0 fully saturated rings. The van der Waals surface area contributed by atoms with Gasteiger partial charge in [0.2, 0.25) is 0 Å². The number of carbonyl (C=O) groups is 1. The molecule has 0 aromatic heterocycles. The van der Waals surface area contributed by atoms with Crippen LogP contribution in [0.15, 0.2) is 39.3 Å². The van der Waals surface area contributed by atoms with E-state index in [-0.39, 0.29) is 5.91 Å². The predicted molar refractivity (Wildman–Crippen MR) is 99.9 cm³/mol. The summed E-state index contributed by atoms with van der Waals surface area (Å²) in [5.41, 5.74) is 1.26. The largest absolute Gasteiger partial charge is 0.486 e. The van der Waals surface area contributed by atoms with Crippen molar-refractivity contribution in [2.75, 3.05) is 18.5 Å². The van der Waals surface area contributed by atoms with Crippen molar-refractivity contribution in [3.05, 3.63) is 48.4 Å². The molecule has 0 saturated carbocycles. The van der Waals surface area contributed by atoms with E-state index in [4.69, 9.17) is 9.47 Å². The van der Waals surface area contributed by atoms with Crippen LogP contribution < -0.4 is 14.8 Å². The van der Waals surface area contributed by atoms with Crippen LogP contribution in [0.1, 0.15) is 10.4 Å². The van der Waals surface area contributed by atoms with Gasteiger partial charge < -0.3 is 14.8 Å². The van der Waals surface area contributed by atoms with Crippen molar-refractivity contribution in [1.29, 1.82) is 0 Å². The maximum atomic E-state index is 12.5. The van der Waals surface area contributed by atoms with Gasteiger partial charge in [-0.3, -0.25) is 4.79 Å². The molecule has 3 rings (SSSR count). The summed E-state index contributed by atoms with van der Waals surface area (Å²) in [5, 5.41) is 2.88. The molecule has 1 N–H and O–H groups in total. The number of benzene rings is 2. The topological polar surface area (TPSA) is 47.6 Å². The first-order chi connectivity index (χ1) is 10.5. The minimum atomic E-state index is -0.178. The highest BCUT2D eigenvalue weighted by Crippen LogP contribution is 2.33. The number of fused-ring (bicyclic) bond motifs is 1. The van der Waals surface area contributed by atoms with Crippen LogP contribution >= 0.6 is 54.5 Å². The van der Waals surface area contributed by atoms with Crippen LogP contribution in [0.4, 0.5) is 5.69 Å². The maximum absolute atomic E-state index is 12.5. The van der Waals surface area contributed by atoms with Crippen molar-refractivity contribution in [3.63, 3.8) is 0 Å². The predicted octanol–water partition coefficient (Wildman–Crippen LogP) is 4.84. The van der Waals surface area contributed by atoms with Gasteiger partial charge >= 0.3 is 0 Å². The molecular weight excluding hydrogens is 529 g/mol. The Morgan fingerprint density at radius 1 is 1.09 bits per heavy atom. The van der Waals surface area contributed by atoms with Crippen molar-refractivity contribution in [2.24, 2.45) is 0 Å². The summed E-state index contributed by atoms with van der Waals surface area (Å²) in [5.74, 6) is 1.17. The highest BCUT2D eigenvalue weighted by molar-refractivity contribution is 14.1. The van der Waals surface area contributed by atoms with Gasteiger partial charge in [0, 0.05) is 24.3 Å². The number of ether oxygens (including phenoxy) is 2. The summed E-state index contributed by atoms with van der Waals surface area (Å²) in [7, 11) is 0. The van der Waals surface area contributed by atoms with Crippen molar-refractivity contribution >= 4 is 66.0 Å². The van der Waals surface area contributed by atoms with Gasteiger partial charge in [0.15, 0.2) is 11.5 Å². The molecule has 0 radical (unpaired) electrons. The Hall–Kier alpha value is -0.800. The molecule has 4 nitrogen and oxygen atoms in total. The Morgan fingerprint density at radius 2 is 1.82 bits per heavy atom. The second-order valence-electron chi connectivity index (χ2n) is 4.56. The molecule has 0 aliphatic carbocycles. The first-order valence-corrected chi connectivity index (χ1v) is 9.06. The van der Waals surface area contributed by atoms with Crippen LogP contribution in [0.5, 0.6) is 11.5 Å². The SMILES string of the molecule is O=C(Nc1ccc2c(c1)OCCO2)c1cc(Br)cc(Br)c1I. The summed E-state index contributed by atoms with van der Waals surface area (Å²) in [6, 6.07) is 9.06. The van der Waals surface area contributed by atoms with E-state index in [1.165, 1.54) is 0 Å².